The van der Waals surface area contributed by atoms with Gasteiger partial charge < -0.3 is 10.6 Å². The molecule has 2 aromatic rings. The van der Waals surface area contributed by atoms with E-state index in [1.165, 1.54) is 6.20 Å². The monoisotopic (exact) mass is 281 g/mol. The van der Waals surface area contributed by atoms with Crippen LogP contribution in [0.4, 0.5) is 17.2 Å². The third kappa shape index (κ3) is 2.79. The number of aromatic amines is 1. The van der Waals surface area contributed by atoms with Crippen molar-refractivity contribution in [2.45, 2.75) is 4.90 Å². The standard InChI is InChI=1S/C11H15N5O2S/c1-16(2)9-5-3-4-8(6-9)15-19(17,18)10-7-13-14-11(10)12/h3-7,15H,1-2H3,(H3,12,13,14). The second kappa shape index (κ2) is 4.81. The molecule has 0 spiro atoms. The van der Waals surface area contributed by atoms with Crippen LogP contribution in [0.15, 0.2) is 35.4 Å². The first-order valence-corrected chi connectivity index (χ1v) is 6.97. The van der Waals surface area contributed by atoms with E-state index in [1.54, 1.807) is 18.2 Å². The summed E-state index contributed by atoms with van der Waals surface area (Å²) < 4.78 is 26.7. The van der Waals surface area contributed by atoms with Crippen LogP contribution in [0.25, 0.3) is 0 Å². The van der Waals surface area contributed by atoms with Crippen LogP contribution in [-0.4, -0.2) is 32.7 Å². The van der Waals surface area contributed by atoms with Gasteiger partial charge in [0.15, 0.2) is 0 Å². The van der Waals surface area contributed by atoms with E-state index in [1.807, 2.05) is 25.1 Å². The maximum atomic E-state index is 12.1. The van der Waals surface area contributed by atoms with Gasteiger partial charge in [-0.3, -0.25) is 9.82 Å². The maximum Gasteiger partial charge on any atom is 0.267 e. The number of hydrogen-bond acceptors (Lipinski definition) is 5. The summed E-state index contributed by atoms with van der Waals surface area (Å²) in [6, 6.07) is 7.05. The lowest BCUT2D eigenvalue weighted by atomic mass is 10.3. The van der Waals surface area contributed by atoms with E-state index in [-0.39, 0.29) is 10.7 Å². The van der Waals surface area contributed by atoms with Gasteiger partial charge >= 0.3 is 0 Å². The Kier molecular flexibility index (Phi) is 3.34. The fourth-order valence-electron chi connectivity index (χ4n) is 1.56. The third-order valence-corrected chi connectivity index (χ3v) is 3.95. The Morgan fingerprint density at radius 2 is 2.11 bits per heavy atom. The van der Waals surface area contributed by atoms with Crippen molar-refractivity contribution in [1.82, 2.24) is 10.2 Å². The molecule has 2 rings (SSSR count). The summed E-state index contributed by atoms with van der Waals surface area (Å²) in [6.45, 7) is 0. The van der Waals surface area contributed by atoms with Crippen molar-refractivity contribution in [1.29, 1.82) is 0 Å². The molecule has 8 heteroatoms. The van der Waals surface area contributed by atoms with Crippen molar-refractivity contribution in [3.63, 3.8) is 0 Å². The molecule has 0 bridgehead atoms. The molecule has 0 fully saturated rings. The number of hydrogen-bond donors (Lipinski definition) is 3. The largest absolute Gasteiger partial charge is 0.383 e. The van der Waals surface area contributed by atoms with Gasteiger partial charge in [-0.1, -0.05) is 6.07 Å². The number of nitrogens with one attached hydrogen (secondary N) is 2. The van der Waals surface area contributed by atoms with Crippen LogP contribution in [0.1, 0.15) is 0 Å². The van der Waals surface area contributed by atoms with Crippen LogP contribution >= 0.6 is 0 Å². The molecule has 0 saturated carbocycles. The molecule has 7 nitrogen and oxygen atoms in total. The van der Waals surface area contributed by atoms with Gasteiger partial charge in [0.2, 0.25) is 0 Å². The molecule has 0 radical (unpaired) electrons. The van der Waals surface area contributed by atoms with Crippen molar-refractivity contribution < 1.29 is 8.42 Å². The summed E-state index contributed by atoms with van der Waals surface area (Å²) in [5.41, 5.74) is 6.87. The van der Waals surface area contributed by atoms with Gasteiger partial charge in [0.1, 0.15) is 10.7 Å². The summed E-state index contributed by atoms with van der Waals surface area (Å²) >= 11 is 0. The van der Waals surface area contributed by atoms with E-state index in [2.05, 4.69) is 14.9 Å². The second-order valence-electron chi connectivity index (χ2n) is 4.20. The molecular formula is C11H15N5O2S. The Labute approximate surface area is 111 Å². The molecule has 0 unspecified atom stereocenters. The van der Waals surface area contributed by atoms with E-state index < -0.39 is 10.0 Å². The van der Waals surface area contributed by atoms with Crippen molar-refractivity contribution in [3.8, 4) is 0 Å². The molecule has 1 aromatic carbocycles. The van der Waals surface area contributed by atoms with E-state index >= 15 is 0 Å². The number of nitrogens with zero attached hydrogens (tertiary/aromatic N) is 2. The number of sulfonamides is 1. The molecule has 0 aliphatic rings. The fourth-order valence-corrected chi connectivity index (χ4v) is 2.63. The molecule has 0 amide bonds. The van der Waals surface area contributed by atoms with Crippen LogP contribution in [0.5, 0.6) is 0 Å². The molecule has 1 aromatic heterocycles. The number of nitrogen functional groups attached to an aromatic ring is 1. The van der Waals surface area contributed by atoms with Crippen molar-refractivity contribution in [2.75, 3.05) is 29.5 Å². The molecular weight excluding hydrogens is 266 g/mol. The number of nitrogens with two attached hydrogens (primary N) is 1. The van der Waals surface area contributed by atoms with Gasteiger partial charge in [-0.2, -0.15) is 5.10 Å². The van der Waals surface area contributed by atoms with E-state index in [9.17, 15) is 8.42 Å². The van der Waals surface area contributed by atoms with E-state index in [0.29, 0.717) is 5.69 Å². The van der Waals surface area contributed by atoms with Crippen LogP contribution < -0.4 is 15.4 Å². The molecule has 4 N–H and O–H groups in total. The van der Waals surface area contributed by atoms with Crippen molar-refractivity contribution >= 4 is 27.2 Å². The summed E-state index contributed by atoms with van der Waals surface area (Å²) in [4.78, 5) is 1.81. The highest BCUT2D eigenvalue weighted by Gasteiger charge is 2.19. The first kappa shape index (κ1) is 13.2. The fraction of sp³-hybridized carbons (Fsp3) is 0.182. The van der Waals surface area contributed by atoms with Gasteiger partial charge in [0.05, 0.1) is 11.9 Å². The first-order chi connectivity index (χ1) is 8.90. The molecule has 0 saturated heterocycles. The first-order valence-electron chi connectivity index (χ1n) is 5.49. The maximum absolute atomic E-state index is 12.1. The minimum Gasteiger partial charge on any atom is -0.383 e. The Balaban J connectivity index is 2.31. The average Bonchev–Trinajstić information content (AvgIpc) is 2.76. The molecule has 102 valence electrons. The van der Waals surface area contributed by atoms with E-state index in [4.69, 9.17) is 5.73 Å². The summed E-state index contributed by atoms with van der Waals surface area (Å²) in [7, 11) is 0.0229. The minimum atomic E-state index is -3.73. The second-order valence-corrected chi connectivity index (χ2v) is 5.85. The Morgan fingerprint density at radius 1 is 1.37 bits per heavy atom. The number of anilines is 3. The number of H-pyrrole nitrogens is 1. The lowest BCUT2D eigenvalue weighted by molar-refractivity contribution is 0.601. The summed E-state index contributed by atoms with van der Waals surface area (Å²) in [5, 5.41) is 5.99. The van der Waals surface area contributed by atoms with Gasteiger partial charge in [-0.25, -0.2) is 8.42 Å². The third-order valence-electron chi connectivity index (χ3n) is 2.54. The van der Waals surface area contributed by atoms with Crippen molar-refractivity contribution in [3.05, 3.63) is 30.5 Å². The normalized spacial score (nSPS) is 11.3. The Hall–Kier alpha value is -2.22. The van der Waals surface area contributed by atoms with E-state index in [0.717, 1.165) is 5.69 Å². The lowest BCUT2D eigenvalue weighted by Gasteiger charge is -2.14. The van der Waals surface area contributed by atoms with Crippen LogP contribution in [0, 0.1) is 0 Å². The SMILES string of the molecule is CN(C)c1cccc(NS(=O)(=O)c2cn[nH]c2N)c1. The number of rotatable bonds is 4. The Bertz CT molecular complexity index is 678. The average molecular weight is 281 g/mol. The zero-order valence-electron chi connectivity index (χ0n) is 10.6. The predicted molar refractivity (Wildman–Crippen MR) is 74.6 cm³/mol. The molecule has 0 atom stereocenters. The quantitative estimate of drug-likeness (QED) is 0.771. The van der Waals surface area contributed by atoms with Gasteiger partial charge in [0, 0.05) is 19.8 Å². The van der Waals surface area contributed by atoms with Gasteiger partial charge in [0.25, 0.3) is 10.0 Å². The van der Waals surface area contributed by atoms with Gasteiger partial charge in [-0.05, 0) is 18.2 Å². The Morgan fingerprint density at radius 3 is 2.68 bits per heavy atom. The summed E-state index contributed by atoms with van der Waals surface area (Å²) in [5.74, 6) is 0.0104. The highest BCUT2D eigenvalue weighted by atomic mass is 32.2. The van der Waals surface area contributed by atoms with Crippen LogP contribution in [-0.2, 0) is 10.0 Å². The summed E-state index contributed by atoms with van der Waals surface area (Å²) in [6.07, 6.45) is 1.17. The smallest absolute Gasteiger partial charge is 0.267 e. The highest BCUT2D eigenvalue weighted by Crippen LogP contribution is 2.22. The number of benzene rings is 1. The minimum absolute atomic E-state index is 0.0104. The highest BCUT2D eigenvalue weighted by molar-refractivity contribution is 7.92. The van der Waals surface area contributed by atoms with Crippen molar-refractivity contribution in [2.24, 2.45) is 0 Å². The topological polar surface area (TPSA) is 104 Å². The lowest BCUT2D eigenvalue weighted by Crippen LogP contribution is -2.15. The van der Waals surface area contributed by atoms with Gasteiger partial charge in [-0.15, -0.1) is 0 Å². The van der Waals surface area contributed by atoms with Crippen LogP contribution in [0.3, 0.4) is 0 Å². The predicted octanol–water partition coefficient (Wildman–Crippen LogP) is 0.859. The molecule has 0 aliphatic heterocycles. The molecule has 1 heterocycles. The molecule has 0 aliphatic carbocycles. The molecule has 19 heavy (non-hydrogen) atoms. The zero-order chi connectivity index (χ0) is 14.0. The number of aromatic nitrogens is 2. The van der Waals surface area contributed by atoms with Crippen LogP contribution in [0.2, 0.25) is 0 Å². The zero-order valence-corrected chi connectivity index (χ0v) is 11.4.